The number of benzene rings is 2. The third-order valence-electron chi connectivity index (χ3n) is 5.18. The van der Waals surface area contributed by atoms with E-state index in [1.165, 1.54) is 42.1 Å². The maximum Gasteiger partial charge on any atom is 0.329 e. The summed E-state index contributed by atoms with van der Waals surface area (Å²) < 4.78 is 8.06. The highest BCUT2D eigenvalue weighted by molar-refractivity contribution is 6.35. The number of H-pyrrole nitrogens is 1. The van der Waals surface area contributed by atoms with Crippen molar-refractivity contribution in [1.82, 2.24) is 19.1 Å². The smallest absolute Gasteiger partial charge is 0.329 e. The van der Waals surface area contributed by atoms with E-state index >= 15 is 0 Å². The van der Waals surface area contributed by atoms with Crippen LogP contribution >= 0.6 is 23.2 Å². The van der Waals surface area contributed by atoms with Gasteiger partial charge in [0.05, 0.1) is 22.7 Å². The van der Waals surface area contributed by atoms with Crippen LogP contribution in [0.3, 0.4) is 0 Å². The molecule has 0 unspecified atom stereocenters. The molecule has 0 aliphatic heterocycles. The summed E-state index contributed by atoms with van der Waals surface area (Å²) in [6.45, 7) is -0.362. The zero-order valence-electron chi connectivity index (χ0n) is 19.1. The van der Waals surface area contributed by atoms with Gasteiger partial charge in [-0.25, -0.2) is 10.2 Å². The number of nitro groups is 1. The molecule has 2 aromatic carbocycles. The van der Waals surface area contributed by atoms with Gasteiger partial charge in [0.2, 0.25) is 5.95 Å². The zero-order chi connectivity index (χ0) is 26.7. The molecular weight excluding hydrogens is 529 g/mol. The van der Waals surface area contributed by atoms with Gasteiger partial charge in [0.15, 0.2) is 11.2 Å². The van der Waals surface area contributed by atoms with E-state index in [1.54, 1.807) is 18.2 Å². The number of rotatable bonds is 9. The van der Waals surface area contributed by atoms with E-state index in [4.69, 9.17) is 27.9 Å². The Bertz CT molecular complexity index is 1630. The van der Waals surface area contributed by atoms with Crippen molar-refractivity contribution in [3.05, 3.63) is 89.0 Å². The number of fused-ring (bicyclic) bond motifs is 1. The maximum atomic E-state index is 12.6. The van der Waals surface area contributed by atoms with Gasteiger partial charge in [0, 0.05) is 29.8 Å². The number of nitrogens with one attached hydrogen (secondary N) is 2. The highest BCUT2D eigenvalue weighted by Crippen LogP contribution is 2.27. The fourth-order valence-electron chi connectivity index (χ4n) is 3.42. The standard InChI is InChI=1S/C22H19Cl2N7O6/c1-29-19-18(20(33)27-22(29)34)30(10-15(32)11-37-17-6-5-13(23)8-16(17)24)21(26-19)28-25-9-12-3-2-4-14(7-12)31(35)36/h2-9,15,32H,10-11H2,1H3,(H,26,28)(H,27,33,34)/b25-9-/t15-/m0/s1. The van der Waals surface area contributed by atoms with Crippen LogP contribution in [0.5, 0.6) is 5.75 Å². The van der Waals surface area contributed by atoms with Gasteiger partial charge in [-0.05, 0) is 18.2 Å². The second-order valence-corrected chi connectivity index (χ2v) is 8.64. The molecule has 15 heteroatoms. The van der Waals surface area contributed by atoms with Gasteiger partial charge in [0.1, 0.15) is 18.5 Å². The van der Waals surface area contributed by atoms with E-state index in [0.717, 1.165) is 4.57 Å². The largest absolute Gasteiger partial charge is 0.489 e. The molecule has 3 N–H and O–H groups in total. The number of aromatic amines is 1. The lowest BCUT2D eigenvalue weighted by molar-refractivity contribution is -0.384. The molecule has 37 heavy (non-hydrogen) atoms. The van der Waals surface area contributed by atoms with Crippen molar-refractivity contribution in [3.63, 3.8) is 0 Å². The van der Waals surface area contributed by atoms with Gasteiger partial charge in [-0.3, -0.25) is 24.5 Å². The fourth-order valence-corrected chi connectivity index (χ4v) is 3.89. The highest BCUT2D eigenvalue weighted by Gasteiger charge is 2.20. The molecule has 0 fully saturated rings. The fraction of sp³-hybridized carbons (Fsp3) is 0.182. The summed E-state index contributed by atoms with van der Waals surface area (Å²) in [6.07, 6.45) is 0.184. The summed E-state index contributed by atoms with van der Waals surface area (Å²) in [6, 6.07) is 10.4. The molecule has 13 nitrogen and oxygen atoms in total. The number of ether oxygens (including phenoxy) is 1. The van der Waals surface area contributed by atoms with E-state index < -0.39 is 22.3 Å². The third-order valence-corrected chi connectivity index (χ3v) is 5.72. The van der Waals surface area contributed by atoms with Crippen LogP contribution in [-0.4, -0.2) is 48.1 Å². The number of nitrogens with zero attached hydrogens (tertiary/aromatic N) is 5. The van der Waals surface area contributed by atoms with Crippen molar-refractivity contribution in [1.29, 1.82) is 0 Å². The van der Waals surface area contributed by atoms with Crippen molar-refractivity contribution in [3.8, 4) is 5.75 Å². The van der Waals surface area contributed by atoms with Gasteiger partial charge in [-0.15, -0.1) is 0 Å². The average Bonchev–Trinajstić information content (AvgIpc) is 3.21. The lowest BCUT2D eigenvalue weighted by atomic mass is 10.2. The Labute approximate surface area is 217 Å². The Hall–Kier alpha value is -4.20. The summed E-state index contributed by atoms with van der Waals surface area (Å²) >= 11 is 12.0. The number of imidazole rings is 1. The number of halogens is 2. The normalized spacial score (nSPS) is 12.2. The number of hydrogen-bond acceptors (Lipinski definition) is 9. The third kappa shape index (κ3) is 5.80. The molecular formula is C22H19Cl2N7O6. The molecule has 0 radical (unpaired) electrons. The molecule has 0 saturated heterocycles. The van der Waals surface area contributed by atoms with E-state index in [9.17, 15) is 24.8 Å². The summed E-state index contributed by atoms with van der Waals surface area (Å²) in [7, 11) is 1.43. The molecule has 0 bridgehead atoms. The Kier molecular flexibility index (Phi) is 7.57. The molecule has 0 aliphatic rings. The van der Waals surface area contributed by atoms with E-state index in [2.05, 4.69) is 20.5 Å². The van der Waals surface area contributed by atoms with Gasteiger partial charge >= 0.3 is 5.69 Å². The van der Waals surface area contributed by atoms with Crippen molar-refractivity contribution in [2.24, 2.45) is 12.1 Å². The van der Waals surface area contributed by atoms with Crippen LogP contribution in [0.15, 0.2) is 57.2 Å². The van der Waals surface area contributed by atoms with Crippen molar-refractivity contribution < 1.29 is 14.8 Å². The van der Waals surface area contributed by atoms with E-state index in [-0.39, 0.29) is 41.0 Å². The SMILES string of the molecule is Cn1c(=O)[nH]c(=O)c2c1nc(N/N=C\c1cccc([N+](=O)[O-])c1)n2C[C@H](O)COc1ccc(Cl)cc1Cl. The molecule has 192 valence electrons. The Balaban J connectivity index is 1.62. The van der Waals surface area contributed by atoms with Crippen molar-refractivity contribution in [2.45, 2.75) is 12.6 Å². The second-order valence-electron chi connectivity index (χ2n) is 7.80. The lowest BCUT2D eigenvalue weighted by Gasteiger charge is -2.15. The Morgan fingerprint density at radius 2 is 2.08 bits per heavy atom. The lowest BCUT2D eigenvalue weighted by Crippen LogP contribution is -2.30. The van der Waals surface area contributed by atoms with Gasteiger partial charge in [-0.1, -0.05) is 35.3 Å². The monoisotopic (exact) mass is 547 g/mol. The minimum atomic E-state index is -1.14. The number of anilines is 1. The van der Waals surface area contributed by atoms with Crippen LogP contribution in [-0.2, 0) is 13.6 Å². The second kappa shape index (κ2) is 10.8. The van der Waals surface area contributed by atoms with Crippen LogP contribution in [0.4, 0.5) is 11.6 Å². The topological polar surface area (TPSA) is 170 Å². The van der Waals surface area contributed by atoms with Gasteiger partial charge in [-0.2, -0.15) is 10.1 Å². The van der Waals surface area contributed by atoms with Crippen LogP contribution < -0.4 is 21.4 Å². The van der Waals surface area contributed by atoms with Crippen molar-refractivity contribution >= 4 is 52.2 Å². The molecule has 0 amide bonds. The minimum Gasteiger partial charge on any atom is -0.489 e. The number of nitro benzene ring substituents is 1. The molecule has 4 aromatic rings. The maximum absolute atomic E-state index is 12.6. The number of hydrogen-bond donors (Lipinski definition) is 3. The number of aliphatic hydroxyl groups is 1. The summed E-state index contributed by atoms with van der Waals surface area (Å²) in [5, 5.41) is 26.4. The molecule has 2 aromatic heterocycles. The van der Waals surface area contributed by atoms with Crippen LogP contribution in [0.25, 0.3) is 11.2 Å². The molecule has 0 spiro atoms. The summed E-state index contributed by atoms with van der Waals surface area (Å²) in [4.78, 5) is 41.6. The predicted molar refractivity (Wildman–Crippen MR) is 138 cm³/mol. The number of aryl methyl sites for hydroxylation is 1. The summed E-state index contributed by atoms with van der Waals surface area (Å²) in [5.74, 6) is 0.340. The molecule has 2 heterocycles. The average molecular weight is 548 g/mol. The predicted octanol–water partition coefficient (Wildman–Crippen LogP) is 2.52. The Morgan fingerprint density at radius 3 is 2.81 bits per heavy atom. The van der Waals surface area contributed by atoms with E-state index in [1.807, 2.05) is 0 Å². The first-order valence-corrected chi connectivity index (χ1v) is 11.4. The first-order chi connectivity index (χ1) is 17.6. The molecule has 0 saturated carbocycles. The van der Waals surface area contributed by atoms with Crippen LogP contribution in [0.1, 0.15) is 5.56 Å². The first kappa shape index (κ1) is 25.9. The van der Waals surface area contributed by atoms with Crippen LogP contribution in [0.2, 0.25) is 10.0 Å². The Morgan fingerprint density at radius 1 is 1.30 bits per heavy atom. The molecule has 0 aliphatic carbocycles. The van der Waals surface area contributed by atoms with E-state index in [0.29, 0.717) is 16.3 Å². The first-order valence-electron chi connectivity index (χ1n) is 10.6. The van der Waals surface area contributed by atoms with Crippen LogP contribution in [0, 0.1) is 10.1 Å². The molecule has 1 atom stereocenters. The van der Waals surface area contributed by atoms with Crippen molar-refractivity contribution in [2.75, 3.05) is 12.0 Å². The molecule has 4 rings (SSSR count). The minimum absolute atomic E-state index is 0.0127. The summed E-state index contributed by atoms with van der Waals surface area (Å²) in [5.41, 5.74) is 1.67. The quantitative estimate of drug-likeness (QED) is 0.163. The number of aliphatic hydroxyl groups excluding tert-OH is 1. The number of non-ortho nitro benzene ring substituents is 1. The highest BCUT2D eigenvalue weighted by atomic mass is 35.5. The number of hydrazone groups is 1. The number of aromatic nitrogens is 4. The zero-order valence-corrected chi connectivity index (χ0v) is 20.6. The van der Waals surface area contributed by atoms with Gasteiger partial charge < -0.3 is 14.4 Å². The van der Waals surface area contributed by atoms with Gasteiger partial charge in [0.25, 0.3) is 11.2 Å².